The maximum Gasteiger partial charge on any atom is 0.236 e. The van der Waals surface area contributed by atoms with Crippen molar-refractivity contribution in [3.05, 3.63) is 29.5 Å². The molecule has 5 nitrogen and oxygen atoms in total. The minimum atomic E-state index is 0.631. The van der Waals surface area contributed by atoms with Gasteiger partial charge in [-0.25, -0.2) is 4.98 Å². The van der Waals surface area contributed by atoms with E-state index in [-0.39, 0.29) is 0 Å². The van der Waals surface area contributed by atoms with E-state index in [2.05, 4.69) is 27.1 Å². The summed E-state index contributed by atoms with van der Waals surface area (Å²) < 4.78 is 5.54. The second kappa shape index (κ2) is 6.96. The molecule has 2 aromatic rings. The van der Waals surface area contributed by atoms with Crippen LogP contribution in [0.1, 0.15) is 25.5 Å². The molecule has 3 rings (SSSR count). The van der Waals surface area contributed by atoms with Gasteiger partial charge in [-0.05, 0) is 30.2 Å². The lowest BCUT2D eigenvalue weighted by atomic mass is 10.0. The monoisotopic (exact) mass is 318 g/mol. The molecular weight excluding hydrogens is 296 g/mol. The van der Waals surface area contributed by atoms with Gasteiger partial charge in [0.2, 0.25) is 5.89 Å². The molecule has 0 aliphatic carbocycles. The van der Waals surface area contributed by atoms with Crippen molar-refractivity contribution < 1.29 is 4.42 Å². The number of oxazole rings is 1. The smallest absolute Gasteiger partial charge is 0.236 e. The molecule has 0 spiro atoms. The van der Waals surface area contributed by atoms with Crippen molar-refractivity contribution in [2.45, 2.75) is 26.3 Å². The fourth-order valence-corrected chi connectivity index (χ4v) is 3.44. The second-order valence-corrected chi connectivity index (χ2v) is 6.66. The normalized spacial score (nSPS) is 19.5. The zero-order valence-electron chi connectivity index (χ0n) is 13.1. The van der Waals surface area contributed by atoms with Gasteiger partial charge in [-0.15, -0.1) is 11.3 Å². The minimum absolute atomic E-state index is 0.631. The van der Waals surface area contributed by atoms with E-state index in [4.69, 9.17) is 4.42 Å². The Hall–Kier alpha value is -1.82. The molecule has 1 atom stereocenters. The van der Waals surface area contributed by atoms with Gasteiger partial charge in [0.1, 0.15) is 6.26 Å². The number of hydrogen-bond acceptors (Lipinski definition) is 4. The summed E-state index contributed by atoms with van der Waals surface area (Å²) in [5.74, 6) is 2.37. The summed E-state index contributed by atoms with van der Waals surface area (Å²) in [5.41, 5.74) is 0.898. The zero-order chi connectivity index (χ0) is 15.4. The molecule has 1 fully saturated rings. The maximum atomic E-state index is 5.54. The molecule has 0 amide bonds. The first-order valence-electron chi connectivity index (χ1n) is 7.70. The molecule has 0 saturated carbocycles. The average Bonchev–Trinajstić information content (AvgIpc) is 3.19. The minimum Gasteiger partial charge on any atom is -0.443 e. The van der Waals surface area contributed by atoms with Gasteiger partial charge in [-0.2, -0.15) is 0 Å². The Balaban J connectivity index is 1.59. The summed E-state index contributed by atoms with van der Waals surface area (Å²) in [5, 5.41) is 5.42. The summed E-state index contributed by atoms with van der Waals surface area (Å²) >= 11 is 1.63. The summed E-state index contributed by atoms with van der Waals surface area (Å²) in [4.78, 5) is 12.3. The molecule has 3 heterocycles. The van der Waals surface area contributed by atoms with Gasteiger partial charge < -0.3 is 14.6 Å². The van der Waals surface area contributed by atoms with Crippen LogP contribution in [0.15, 0.2) is 33.2 Å². The highest BCUT2D eigenvalue weighted by Crippen LogP contribution is 2.23. The molecule has 1 saturated heterocycles. The van der Waals surface area contributed by atoms with Crippen molar-refractivity contribution in [3.8, 4) is 10.8 Å². The lowest BCUT2D eigenvalue weighted by molar-refractivity contribution is 0.266. The van der Waals surface area contributed by atoms with Crippen LogP contribution in [0, 0.1) is 5.92 Å². The number of hydrogen-bond donors (Lipinski definition) is 1. The third-order valence-corrected chi connectivity index (χ3v) is 4.74. The number of rotatable bonds is 3. The van der Waals surface area contributed by atoms with E-state index in [0.717, 1.165) is 35.5 Å². The third kappa shape index (κ3) is 3.50. The van der Waals surface area contributed by atoms with Crippen LogP contribution in [0.2, 0.25) is 0 Å². The Morgan fingerprint density at radius 2 is 2.50 bits per heavy atom. The quantitative estimate of drug-likeness (QED) is 0.697. The van der Waals surface area contributed by atoms with Gasteiger partial charge in [-0.3, -0.25) is 4.99 Å². The first-order chi connectivity index (χ1) is 10.8. The number of aliphatic imine (C=N–C) groups is 1. The number of likely N-dealkylation sites (tertiary alicyclic amines) is 1. The number of thiophene rings is 1. The predicted octanol–water partition coefficient (Wildman–Crippen LogP) is 3.21. The van der Waals surface area contributed by atoms with Crippen LogP contribution in [-0.4, -0.2) is 36.0 Å². The third-order valence-electron chi connectivity index (χ3n) is 3.88. The van der Waals surface area contributed by atoms with E-state index in [1.165, 1.54) is 12.8 Å². The van der Waals surface area contributed by atoms with Crippen molar-refractivity contribution in [2.75, 3.05) is 20.1 Å². The van der Waals surface area contributed by atoms with Gasteiger partial charge in [0.05, 0.1) is 17.1 Å². The summed E-state index contributed by atoms with van der Waals surface area (Å²) in [6, 6.07) is 4.02. The molecule has 1 aliphatic rings. The van der Waals surface area contributed by atoms with E-state index in [1.807, 2.05) is 24.6 Å². The number of piperidine rings is 1. The van der Waals surface area contributed by atoms with Crippen molar-refractivity contribution in [1.82, 2.24) is 15.2 Å². The van der Waals surface area contributed by atoms with Crippen molar-refractivity contribution in [3.63, 3.8) is 0 Å². The van der Waals surface area contributed by atoms with E-state index in [1.54, 1.807) is 17.6 Å². The number of guanidine groups is 1. The Kier molecular flexibility index (Phi) is 4.77. The molecule has 1 aliphatic heterocycles. The van der Waals surface area contributed by atoms with Crippen molar-refractivity contribution >= 4 is 17.3 Å². The summed E-state index contributed by atoms with van der Waals surface area (Å²) in [6.45, 7) is 5.07. The van der Waals surface area contributed by atoms with E-state index < -0.39 is 0 Å². The van der Waals surface area contributed by atoms with E-state index in [0.29, 0.717) is 12.4 Å². The number of nitrogens with zero attached hydrogens (tertiary/aromatic N) is 3. The van der Waals surface area contributed by atoms with Crippen LogP contribution in [0.3, 0.4) is 0 Å². The van der Waals surface area contributed by atoms with Crippen molar-refractivity contribution in [2.24, 2.45) is 10.9 Å². The van der Waals surface area contributed by atoms with Crippen LogP contribution in [0.25, 0.3) is 10.8 Å². The zero-order valence-corrected chi connectivity index (χ0v) is 13.9. The highest BCUT2D eigenvalue weighted by Gasteiger charge is 2.19. The van der Waals surface area contributed by atoms with Crippen LogP contribution in [0.5, 0.6) is 0 Å². The lowest BCUT2D eigenvalue weighted by Crippen LogP contribution is -2.45. The fourth-order valence-electron chi connectivity index (χ4n) is 2.79. The SMILES string of the molecule is CN=C(NCc1coc(-c2cccs2)n1)N1CCCC(C)C1. The van der Waals surface area contributed by atoms with Crippen LogP contribution in [0.4, 0.5) is 0 Å². The first-order valence-corrected chi connectivity index (χ1v) is 8.58. The average molecular weight is 318 g/mol. The van der Waals surface area contributed by atoms with Crippen LogP contribution < -0.4 is 5.32 Å². The lowest BCUT2D eigenvalue weighted by Gasteiger charge is -2.33. The maximum absolute atomic E-state index is 5.54. The molecule has 22 heavy (non-hydrogen) atoms. The molecule has 2 aromatic heterocycles. The highest BCUT2D eigenvalue weighted by atomic mass is 32.1. The van der Waals surface area contributed by atoms with Crippen LogP contribution >= 0.6 is 11.3 Å². The number of nitrogens with one attached hydrogen (secondary N) is 1. The van der Waals surface area contributed by atoms with Gasteiger partial charge in [0.15, 0.2) is 5.96 Å². The van der Waals surface area contributed by atoms with E-state index in [9.17, 15) is 0 Å². The molecular formula is C16H22N4OS. The Labute approximate surface area is 135 Å². The Morgan fingerprint density at radius 3 is 3.23 bits per heavy atom. The van der Waals surface area contributed by atoms with Gasteiger partial charge in [-0.1, -0.05) is 13.0 Å². The van der Waals surface area contributed by atoms with Gasteiger partial charge in [0.25, 0.3) is 0 Å². The molecule has 0 aromatic carbocycles. The molecule has 6 heteroatoms. The number of aromatic nitrogens is 1. The Bertz CT molecular complexity index is 620. The molecule has 1 N–H and O–H groups in total. The Morgan fingerprint density at radius 1 is 1.59 bits per heavy atom. The largest absolute Gasteiger partial charge is 0.443 e. The first kappa shape index (κ1) is 15.1. The topological polar surface area (TPSA) is 53.7 Å². The summed E-state index contributed by atoms with van der Waals surface area (Å²) in [7, 11) is 1.83. The van der Waals surface area contributed by atoms with Gasteiger partial charge >= 0.3 is 0 Å². The molecule has 118 valence electrons. The highest BCUT2D eigenvalue weighted by molar-refractivity contribution is 7.13. The standard InChI is InChI=1S/C16H22N4OS/c1-12-5-3-7-20(10-12)16(17-2)18-9-13-11-21-15(19-13)14-6-4-8-22-14/h4,6,8,11-12H,3,5,7,9-10H2,1-2H3,(H,17,18). The second-order valence-electron chi connectivity index (χ2n) is 5.72. The fraction of sp³-hybridized carbons (Fsp3) is 0.500. The summed E-state index contributed by atoms with van der Waals surface area (Å²) in [6.07, 6.45) is 4.25. The van der Waals surface area contributed by atoms with Crippen LogP contribution in [-0.2, 0) is 6.54 Å². The van der Waals surface area contributed by atoms with Crippen molar-refractivity contribution in [1.29, 1.82) is 0 Å². The molecule has 1 unspecified atom stereocenters. The van der Waals surface area contributed by atoms with Gasteiger partial charge in [0, 0.05) is 20.1 Å². The van der Waals surface area contributed by atoms with E-state index >= 15 is 0 Å². The predicted molar refractivity (Wildman–Crippen MR) is 90.0 cm³/mol. The molecule has 0 radical (unpaired) electrons. The molecule has 0 bridgehead atoms.